The monoisotopic (exact) mass is 299 g/mol. The van der Waals surface area contributed by atoms with Gasteiger partial charge in [-0.05, 0) is 41.8 Å². The molecule has 0 saturated heterocycles. The Morgan fingerprint density at radius 3 is 2.95 bits per heavy atom. The van der Waals surface area contributed by atoms with Gasteiger partial charge < -0.3 is 14.2 Å². The van der Waals surface area contributed by atoms with Crippen LogP contribution >= 0.6 is 11.3 Å². The SMILES string of the molecule is O=C(C=Cc1ccco1)NCc1ccc(-c2cccs2)o1. The fourth-order valence-electron chi connectivity index (χ4n) is 1.80. The highest BCUT2D eigenvalue weighted by Crippen LogP contribution is 2.26. The molecule has 21 heavy (non-hydrogen) atoms. The lowest BCUT2D eigenvalue weighted by Gasteiger charge is -1.98. The summed E-state index contributed by atoms with van der Waals surface area (Å²) in [4.78, 5) is 12.7. The van der Waals surface area contributed by atoms with Gasteiger partial charge in [0.2, 0.25) is 5.91 Å². The van der Waals surface area contributed by atoms with E-state index in [-0.39, 0.29) is 5.91 Å². The van der Waals surface area contributed by atoms with Crippen LogP contribution in [0.4, 0.5) is 0 Å². The van der Waals surface area contributed by atoms with Gasteiger partial charge in [-0.2, -0.15) is 0 Å². The van der Waals surface area contributed by atoms with Crippen LogP contribution in [0.2, 0.25) is 0 Å². The molecule has 106 valence electrons. The molecule has 5 heteroatoms. The molecule has 3 rings (SSSR count). The Bertz CT molecular complexity index is 724. The standard InChI is InChI=1S/C16H13NO3S/c18-16(8-6-12-3-1-9-19-12)17-11-13-5-7-14(20-13)15-4-2-10-21-15/h1-10H,11H2,(H,17,18). The quantitative estimate of drug-likeness (QED) is 0.726. The van der Waals surface area contributed by atoms with Crippen molar-refractivity contribution in [2.75, 3.05) is 0 Å². The van der Waals surface area contributed by atoms with Crippen LogP contribution < -0.4 is 5.32 Å². The second kappa shape index (κ2) is 6.28. The summed E-state index contributed by atoms with van der Waals surface area (Å²) in [6.45, 7) is 0.354. The van der Waals surface area contributed by atoms with Crippen LogP contribution in [0.3, 0.4) is 0 Å². The molecule has 3 heterocycles. The van der Waals surface area contributed by atoms with Crippen molar-refractivity contribution < 1.29 is 13.6 Å². The van der Waals surface area contributed by atoms with E-state index in [1.165, 1.54) is 6.08 Å². The summed E-state index contributed by atoms with van der Waals surface area (Å²) in [5.74, 6) is 1.99. The van der Waals surface area contributed by atoms with Gasteiger partial charge in [-0.25, -0.2) is 0 Å². The Morgan fingerprint density at radius 2 is 2.19 bits per heavy atom. The van der Waals surface area contributed by atoms with Gasteiger partial charge in [0.25, 0.3) is 0 Å². The average Bonchev–Trinajstić information content (AvgIpc) is 3.24. The maximum Gasteiger partial charge on any atom is 0.244 e. The molecule has 0 aromatic carbocycles. The summed E-state index contributed by atoms with van der Waals surface area (Å²) in [6, 6.07) is 11.3. The molecule has 1 amide bonds. The van der Waals surface area contributed by atoms with Gasteiger partial charge >= 0.3 is 0 Å². The number of nitrogens with one attached hydrogen (secondary N) is 1. The van der Waals surface area contributed by atoms with Gasteiger partial charge in [-0.3, -0.25) is 4.79 Å². The van der Waals surface area contributed by atoms with E-state index >= 15 is 0 Å². The number of carbonyl (C=O) groups is 1. The topological polar surface area (TPSA) is 55.4 Å². The molecule has 0 radical (unpaired) electrons. The minimum atomic E-state index is -0.194. The number of carbonyl (C=O) groups excluding carboxylic acids is 1. The first-order valence-electron chi connectivity index (χ1n) is 6.43. The van der Waals surface area contributed by atoms with Crippen molar-refractivity contribution in [2.45, 2.75) is 6.54 Å². The smallest absolute Gasteiger partial charge is 0.244 e. The third-order valence-electron chi connectivity index (χ3n) is 2.80. The second-order valence-electron chi connectivity index (χ2n) is 4.31. The Balaban J connectivity index is 1.54. The number of thiophene rings is 1. The van der Waals surface area contributed by atoms with Gasteiger partial charge in [0.1, 0.15) is 17.3 Å². The fourth-order valence-corrected chi connectivity index (χ4v) is 2.49. The summed E-state index contributed by atoms with van der Waals surface area (Å²) >= 11 is 1.62. The van der Waals surface area contributed by atoms with Crippen molar-refractivity contribution in [3.05, 3.63) is 65.6 Å². The molecule has 0 unspecified atom stereocenters. The first-order chi connectivity index (χ1) is 10.3. The second-order valence-corrected chi connectivity index (χ2v) is 5.26. The molecule has 0 atom stereocenters. The molecule has 1 N–H and O–H groups in total. The minimum Gasteiger partial charge on any atom is -0.465 e. The molecule has 0 aliphatic rings. The average molecular weight is 299 g/mol. The lowest BCUT2D eigenvalue weighted by molar-refractivity contribution is -0.116. The van der Waals surface area contributed by atoms with E-state index in [0.717, 1.165) is 16.4 Å². The van der Waals surface area contributed by atoms with Crippen LogP contribution in [-0.4, -0.2) is 5.91 Å². The highest BCUT2D eigenvalue weighted by atomic mass is 32.1. The predicted octanol–water partition coefficient (Wildman–Crippen LogP) is 3.93. The van der Waals surface area contributed by atoms with Crippen molar-refractivity contribution in [3.63, 3.8) is 0 Å². The molecule has 0 aliphatic carbocycles. The maximum absolute atomic E-state index is 11.7. The van der Waals surface area contributed by atoms with E-state index in [4.69, 9.17) is 8.83 Å². The Kier molecular flexibility index (Phi) is 4.02. The zero-order valence-electron chi connectivity index (χ0n) is 11.1. The number of furan rings is 2. The van der Waals surface area contributed by atoms with Crippen LogP contribution in [0.15, 0.2) is 63.0 Å². The highest BCUT2D eigenvalue weighted by molar-refractivity contribution is 7.13. The van der Waals surface area contributed by atoms with E-state index in [0.29, 0.717) is 12.3 Å². The van der Waals surface area contributed by atoms with Crippen LogP contribution in [-0.2, 0) is 11.3 Å². The number of rotatable bonds is 5. The van der Waals surface area contributed by atoms with Gasteiger partial charge in [0.05, 0.1) is 17.7 Å². The Hall–Kier alpha value is -2.53. The molecule has 0 spiro atoms. The zero-order chi connectivity index (χ0) is 14.5. The van der Waals surface area contributed by atoms with Crippen LogP contribution in [0, 0.1) is 0 Å². The third-order valence-corrected chi connectivity index (χ3v) is 3.69. The van der Waals surface area contributed by atoms with Gasteiger partial charge in [-0.15, -0.1) is 11.3 Å². The van der Waals surface area contributed by atoms with E-state index in [2.05, 4.69) is 5.32 Å². The molecular formula is C16H13NO3S. The summed E-state index contributed by atoms with van der Waals surface area (Å²) in [5.41, 5.74) is 0. The summed E-state index contributed by atoms with van der Waals surface area (Å²) < 4.78 is 10.8. The van der Waals surface area contributed by atoms with Crippen molar-refractivity contribution in [2.24, 2.45) is 0 Å². The highest BCUT2D eigenvalue weighted by Gasteiger charge is 2.06. The normalized spacial score (nSPS) is 11.0. The molecule has 3 aromatic rings. The predicted molar refractivity (Wildman–Crippen MR) is 81.6 cm³/mol. The van der Waals surface area contributed by atoms with Crippen molar-refractivity contribution in [3.8, 4) is 10.6 Å². The minimum absolute atomic E-state index is 0.194. The Morgan fingerprint density at radius 1 is 1.24 bits per heavy atom. The van der Waals surface area contributed by atoms with Gasteiger partial charge in [0.15, 0.2) is 0 Å². The van der Waals surface area contributed by atoms with Crippen LogP contribution in [0.25, 0.3) is 16.7 Å². The molecule has 4 nitrogen and oxygen atoms in total. The molecule has 3 aromatic heterocycles. The summed E-state index contributed by atoms with van der Waals surface area (Å²) in [6.07, 6.45) is 4.61. The third kappa shape index (κ3) is 3.52. The lowest BCUT2D eigenvalue weighted by Crippen LogP contribution is -2.19. The van der Waals surface area contributed by atoms with E-state index in [1.807, 2.05) is 29.6 Å². The number of hydrogen-bond donors (Lipinski definition) is 1. The summed E-state index contributed by atoms with van der Waals surface area (Å²) in [7, 11) is 0. The number of hydrogen-bond acceptors (Lipinski definition) is 4. The first kappa shape index (κ1) is 13.5. The van der Waals surface area contributed by atoms with E-state index in [9.17, 15) is 4.79 Å². The zero-order valence-corrected chi connectivity index (χ0v) is 11.9. The van der Waals surface area contributed by atoms with Gasteiger partial charge in [0, 0.05) is 6.08 Å². The van der Waals surface area contributed by atoms with Crippen molar-refractivity contribution >= 4 is 23.3 Å². The van der Waals surface area contributed by atoms with Crippen LogP contribution in [0.1, 0.15) is 11.5 Å². The molecule has 0 bridgehead atoms. The van der Waals surface area contributed by atoms with Gasteiger partial charge in [-0.1, -0.05) is 6.07 Å². The molecule has 0 aliphatic heterocycles. The van der Waals surface area contributed by atoms with E-state index < -0.39 is 0 Å². The Labute approximate surface area is 125 Å². The van der Waals surface area contributed by atoms with Crippen molar-refractivity contribution in [1.29, 1.82) is 0 Å². The largest absolute Gasteiger partial charge is 0.465 e. The van der Waals surface area contributed by atoms with Crippen LogP contribution in [0.5, 0.6) is 0 Å². The lowest BCUT2D eigenvalue weighted by atomic mass is 10.3. The maximum atomic E-state index is 11.7. The first-order valence-corrected chi connectivity index (χ1v) is 7.31. The van der Waals surface area contributed by atoms with E-state index in [1.54, 1.807) is 35.8 Å². The number of amides is 1. The molecule has 0 fully saturated rings. The molecule has 0 saturated carbocycles. The summed E-state index contributed by atoms with van der Waals surface area (Å²) in [5, 5.41) is 4.76. The fraction of sp³-hybridized carbons (Fsp3) is 0.0625. The van der Waals surface area contributed by atoms with Crippen molar-refractivity contribution in [1.82, 2.24) is 5.32 Å². The molecular weight excluding hydrogens is 286 g/mol.